The highest BCUT2D eigenvalue weighted by Crippen LogP contribution is 1.96. The number of carbonyl (C=O) groups excluding carboxylic acids is 1. The number of carbonyl (C=O) groups is 1. The van der Waals surface area contributed by atoms with E-state index in [1.54, 1.807) is 0 Å². The van der Waals surface area contributed by atoms with Crippen molar-refractivity contribution in [2.45, 2.75) is 20.3 Å². The summed E-state index contributed by atoms with van der Waals surface area (Å²) in [4.78, 5) is 10.6. The molecule has 0 amide bonds. The molecule has 0 atom stereocenters. The minimum absolute atomic E-state index is 0.141. The summed E-state index contributed by atoms with van der Waals surface area (Å²) in [7, 11) is 0.141. The van der Waals surface area contributed by atoms with Gasteiger partial charge in [0.15, 0.2) is 0 Å². The lowest BCUT2D eigenvalue weighted by Crippen LogP contribution is -2.23. The summed E-state index contributed by atoms with van der Waals surface area (Å²) in [5, 5.41) is 1.13. The molecule has 2 radical (unpaired) electrons. The van der Waals surface area contributed by atoms with Gasteiger partial charge in [-0.3, -0.25) is 4.79 Å². The highest BCUT2D eigenvalue weighted by molar-refractivity contribution is 6.49. The monoisotopic (exact) mass is 192 g/mol. The van der Waals surface area contributed by atoms with E-state index in [0.717, 1.165) is 11.6 Å². The maximum absolute atomic E-state index is 10.6. The van der Waals surface area contributed by atoms with E-state index in [9.17, 15) is 4.79 Å². The van der Waals surface area contributed by atoms with Crippen LogP contribution in [0, 0.1) is 0 Å². The number of aryl methyl sites for hydroxylation is 1. The molecule has 1 rings (SSSR count). The molecule has 0 N–H and O–H groups in total. The zero-order valence-electron chi connectivity index (χ0n) is 7.83. The predicted octanol–water partition coefficient (Wildman–Crippen LogP) is 1.06. The van der Waals surface area contributed by atoms with Crippen LogP contribution in [0.1, 0.15) is 19.4 Å². The minimum Gasteiger partial charge on any atom is -0.511 e. The van der Waals surface area contributed by atoms with Gasteiger partial charge in [0.1, 0.15) is 0 Å². The van der Waals surface area contributed by atoms with E-state index in [2.05, 4.69) is 13.0 Å². The Morgan fingerprint density at radius 2 is 2.15 bits per heavy atom. The lowest BCUT2D eigenvalue weighted by Gasteiger charge is -2.04. The second-order valence-electron chi connectivity index (χ2n) is 2.71. The summed E-state index contributed by atoms with van der Waals surface area (Å²) in [6, 6.07) is 8.03. The third-order valence-corrected chi connectivity index (χ3v) is 2.80. The van der Waals surface area contributed by atoms with Crippen LogP contribution in [0.15, 0.2) is 24.3 Å². The Morgan fingerprint density at radius 3 is 2.77 bits per heavy atom. The van der Waals surface area contributed by atoms with Gasteiger partial charge in [-0.2, -0.15) is 0 Å². The third-order valence-electron chi connectivity index (χ3n) is 1.70. The van der Waals surface area contributed by atoms with Crippen LogP contribution in [-0.4, -0.2) is 15.7 Å². The first-order chi connectivity index (χ1) is 6.24. The quantitative estimate of drug-likeness (QED) is 0.669. The van der Waals surface area contributed by atoms with Crippen molar-refractivity contribution < 1.29 is 9.22 Å². The summed E-state index contributed by atoms with van der Waals surface area (Å²) in [6.07, 6.45) is 0.977. The number of benzene rings is 1. The number of hydrogen-bond donors (Lipinski definition) is 0. The van der Waals surface area contributed by atoms with Crippen LogP contribution in [0.2, 0.25) is 0 Å². The first kappa shape index (κ1) is 9.99. The Balaban J connectivity index is 2.69. The second kappa shape index (κ2) is 4.82. The Labute approximate surface area is 80.9 Å². The maximum Gasteiger partial charge on any atom is 0.355 e. The van der Waals surface area contributed by atoms with Gasteiger partial charge >= 0.3 is 9.76 Å². The fourth-order valence-corrected chi connectivity index (χ4v) is 1.86. The molecule has 13 heavy (non-hydrogen) atoms. The van der Waals surface area contributed by atoms with E-state index in [4.69, 9.17) is 4.43 Å². The molecule has 0 aromatic heterocycles. The van der Waals surface area contributed by atoms with Crippen LogP contribution < -0.4 is 5.19 Å². The molecule has 0 spiro atoms. The Morgan fingerprint density at radius 1 is 1.46 bits per heavy atom. The van der Waals surface area contributed by atoms with Crippen LogP contribution in [0.25, 0.3) is 0 Å². The van der Waals surface area contributed by atoms with E-state index in [-0.39, 0.29) is 15.7 Å². The topological polar surface area (TPSA) is 26.3 Å². The van der Waals surface area contributed by atoms with Crippen LogP contribution in [0.5, 0.6) is 0 Å². The van der Waals surface area contributed by atoms with Gasteiger partial charge in [-0.15, -0.1) is 0 Å². The van der Waals surface area contributed by atoms with E-state index < -0.39 is 0 Å². The first-order valence-corrected chi connectivity index (χ1v) is 5.16. The molecule has 0 aliphatic carbocycles. The Bertz CT molecular complexity index is 297. The highest BCUT2D eigenvalue weighted by Gasteiger charge is 2.04. The molecule has 2 nitrogen and oxygen atoms in total. The molecular weight excluding hydrogens is 180 g/mol. The maximum atomic E-state index is 10.6. The molecule has 0 saturated heterocycles. The van der Waals surface area contributed by atoms with Crippen molar-refractivity contribution in [3.63, 3.8) is 0 Å². The fraction of sp³-hybridized carbons (Fsp3) is 0.300. The highest BCUT2D eigenvalue weighted by atomic mass is 28.2. The zero-order valence-corrected chi connectivity index (χ0v) is 8.83. The second-order valence-corrected chi connectivity index (χ2v) is 3.65. The van der Waals surface area contributed by atoms with E-state index in [1.807, 2.05) is 18.2 Å². The van der Waals surface area contributed by atoms with Crippen molar-refractivity contribution in [1.82, 2.24) is 0 Å². The van der Waals surface area contributed by atoms with Crippen LogP contribution >= 0.6 is 0 Å². The fourth-order valence-electron chi connectivity index (χ4n) is 1.06. The molecule has 1 aromatic rings. The third kappa shape index (κ3) is 3.03. The van der Waals surface area contributed by atoms with Crippen molar-refractivity contribution in [1.29, 1.82) is 0 Å². The average molecular weight is 192 g/mol. The molecule has 0 fully saturated rings. The standard InChI is InChI=1S/C10H12O2Si/c1-3-9-6-4-5-7-10(9)13-12-8(2)11/h4-7H,3H2,1-2H3. The van der Waals surface area contributed by atoms with Gasteiger partial charge in [-0.25, -0.2) is 0 Å². The van der Waals surface area contributed by atoms with Gasteiger partial charge in [0.2, 0.25) is 0 Å². The molecule has 0 heterocycles. The summed E-state index contributed by atoms with van der Waals surface area (Å²) < 4.78 is 4.96. The SMILES string of the molecule is CCc1ccccc1[Si]OC(C)=O. The van der Waals surface area contributed by atoms with Gasteiger partial charge in [-0.1, -0.05) is 31.2 Å². The van der Waals surface area contributed by atoms with Crippen molar-refractivity contribution in [2.75, 3.05) is 0 Å². The molecule has 1 aromatic carbocycles. The van der Waals surface area contributed by atoms with Crippen LogP contribution in [0.3, 0.4) is 0 Å². The van der Waals surface area contributed by atoms with Crippen molar-refractivity contribution in [3.05, 3.63) is 29.8 Å². The predicted molar refractivity (Wildman–Crippen MR) is 53.0 cm³/mol. The van der Waals surface area contributed by atoms with E-state index in [1.165, 1.54) is 12.5 Å². The van der Waals surface area contributed by atoms with Crippen LogP contribution in [-0.2, 0) is 15.6 Å². The Hall–Kier alpha value is -1.09. The molecule has 3 heteroatoms. The molecule has 68 valence electrons. The lowest BCUT2D eigenvalue weighted by atomic mass is 10.2. The summed E-state index contributed by atoms with van der Waals surface area (Å²) >= 11 is 0. The van der Waals surface area contributed by atoms with Crippen molar-refractivity contribution in [3.8, 4) is 0 Å². The van der Waals surface area contributed by atoms with Gasteiger partial charge in [0.05, 0.1) is 0 Å². The largest absolute Gasteiger partial charge is 0.511 e. The van der Waals surface area contributed by atoms with Gasteiger partial charge in [0, 0.05) is 6.92 Å². The number of rotatable bonds is 3. The average Bonchev–Trinajstić information content (AvgIpc) is 2.15. The molecule has 0 aliphatic heterocycles. The molecule has 0 bridgehead atoms. The zero-order chi connectivity index (χ0) is 9.68. The van der Waals surface area contributed by atoms with Gasteiger partial charge in [-0.05, 0) is 17.2 Å². The Kier molecular flexibility index (Phi) is 3.70. The van der Waals surface area contributed by atoms with Gasteiger partial charge in [0.25, 0.3) is 5.97 Å². The van der Waals surface area contributed by atoms with Gasteiger partial charge < -0.3 is 4.43 Å². The van der Waals surface area contributed by atoms with E-state index >= 15 is 0 Å². The molecular formula is C10H12O2Si. The number of hydrogen-bond acceptors (Lipinski definition) is 2. The normalized spacial score (nSPS) is 9.69. The van der Waals surface area contributed by atoms with E-state index in [0.29, 0.717) is 0 Å². The molecule has 0 aliphatic rings. The van der Waals surface area contributed by atoms with Crippen molar-refractivity contribution >= 4 is 20.9 Å². The lowest BCUT2D eigenvalue weighted by molar-refractivity contribution is -0.131. The summed E-state index contributed by atoms with van der Waals surface area (Å²) in [5.41, 5.74) is 1.25. The van der Waals surface area contributed by atoms with Crippen molar-refractivity contribution in [2.24, 2.45) is 0 Å². The molecule has 0 saturated carbocycles. The smallest absolute Gasteiger partial charge is 0.355 e. The first-order valence-electron chi connectivity index (χ1n) is 4.25. The van der Waals surface area contributed by atoms with Crippen LogP contribution in [0.4, 0.5) is 0 Å². The molecule has 0 unspecified atom stereocenters. The summed E-state index contributed by atoms with van der Waals surface area (Å²) in [5.74, 6) is -0.218. The summed E-state index contributed by atoms with van der Waals surface area (Å²) in [6.45, 7) is 3.53. The minimum atomic E-state index is -0.218.